The zero-order valence-electron chi connectivity index (χ0n) is 16.6. The highest BCUT2D eigenvalue weighted by molar-refractivity contribution is 5.96. The number of hydrogen-bond donors (Lipinski definition) is 0. The Kier molecular flexibility index (Phi) is 5.07. The van der Waals surface area contributed by atoms with E-state index in [-0.39, 0.29) is 5.91 Å². The maximum atomic E-state index is 12.8. The largest absolute Gasteiger partial charge is 0.359 e. The number of hydrogen-bond acceptors (Lipinski definition) is 6. The Morgan fingerprint density at radius 2 is 2.10 bits per heavy atom. The number of imidazole rings is 1. The van der Waals surface area contributed by atoms with Gasteiger partial charge in [-0.2, -0.15) is 0 Å². The van der Waals surface area contributed by atoms with Gasteiger partial charge in [-0.15, -0.1) is 0 Å². The van der Waals surface area contributed by atoms with Crippen LogP contribution < -0.4 is 0 Å². The van der Waals surface area contributed by atoms with Crippen molar-refractivity contribution >= 4 is 17.1 Å². The molecule has 1 amide bonds. The molecular weight excluding hydrogens is 368 g/mol. The monoisotopic (exact) mass is 390 g/mol. The highest BCUT2D eigenvalue weighted by atomic mass is 16.5. The SMILES string of the molecule is CC(C)Cn1cnc2cc(C(=O)N(C)Cc3cc(-c4cccnc4)no3)cnc21. The van der Waals surface area contributed by atoms with Gasteiger partial charge in [0.25, 0.3) is 5.91 Å². The van der Waals surface area contributed by atoms with Gasteiger partial charge in [0.05, 0.1) is 18.4 Å². The number of aromatic nitrogens is 5. The molecule has 148 valence electrons. The summed E-state index contributed by atoms with van der Waals surface area (Å²) in [7, 11) is 1.72. The number of fused-ring (bicyclic) bond motifs is 1. The van der Waals surface area contributed by atoms with E-state index in [0.717, 1.165) is 17.8 Å². The summed E-state index contributed by atoms with van der Waals surface area (Å²) in [5.41, 5.74) is 3.54. The van der Waals surface area contributed by atoms with Gasteiger partial charge in [-0.1, -0.05) is 19.0 Å². The summed E-state index contributed by atoms with van der Waals surface area (Å²) in [6, 6.07) is 7.34. The average molecular weight is 390 g/mol. The third kappa shape index (κ3) is 4.01. The van der Waals surface area contributed by atoms with E-state index >= 15 is 0 Å². The van der Waals surface area contributed by atoms with Gasteiger partial charge in [0.15, 0.2) is 11.4 Å². The van der Waals surface area contributed by atoms with Crippen molar-refractivity contribution < 1.29 is 9.32 Å². The number of pyridine rings is 2. The summed E-state index contributed by atoms with van der Waals surface area (Å²) in [6.45, 7) is 5.41. The molecule has 0 radical (unpaired) electrons. The van der Waals surface area contributed by atoms with Crippen molar-refractivity contribution in [1.29, 1.82) is 0 Å². The number of nitrogens with zero attached hydrogens (tertiary/aromatic N) is 6. The third-order valence-corrected chi connectivity index (χ3v) is 4.52. The first-order chi connectivity index (χ1) is 14.0. The van der Waals surface area contributed by atoms with Gasteiger partial charge in [-0.3, -0.25) is 9.78 Å². The molecule has 4 heterocycles. The van der Waals surface area contributed by atoms with Crippen LogP contribution in [-0.4, -0.2) is 42.5 Å². The Morgan fingerprint density at radius 1 is 1.24 bits per heavy atom. The molecule has 29 heavy (non-hydrogen) atoms. The second-order valence-electron chi connectivity index (χ2n) is 7.44. The van der Waals surface area contributed by atoms with E-state index in [0.29, 0.717) is 35.0 Å². The molecule has 0 aromatic carbocycles. The molecule has 4 rings (SSSR count). The molecule has 0 aliphatic carbocycles. The minimum absolute atomic E-state index is 0.155. The molecule has 0 atom stereocenters. The van der Waals surface area contributed by atoms with Gasteiger partial charge in [-0.25, -0.2) is 9.97 Å². The molecule has 0 aliphatic rings. The Morgan fingerprint density at radius 3 is 2.86 bits per heavy atom. The van der Waals surface area contributed by atoms with Gasteiger partial charge < -0.3 is 14.0 Å². The maximum absolute atomic E-state index is 12.8. The van der Waals surface area contributed by atoms with E-state index in [1.807, 2.05) is 22.8 Å². The lowest BCUT2D eigenvalue weighted by molar-refractivity contribution is 0.0772. The van der Waals surface area contributed by atoms with Gasteiger partial charge >= 0.3 is 0 Å². The fourth-order valence-electron chi connectivity index (χ4n) is 3.16. The Balaban J connectivity index is 1.48. The van der Waals surface area contributed by atoms with Gasteiger partial charge in [-0.05, 0) is 24.1 Å². The standard InChI is InChI=1S/C21H22N6O2/c1-14(2)11-27-13-24-19-7-16(10-23-20(19)27)21(28)26(3)12-17-8-18(25-29-17)15-5-4-6-22-9-15/h4-10,13-14H,11-12H2,1-3H3. The quantitative estimate of drug-likeness (QED) is 0.501. The van der Waals surface area contributed by atoms with Crippen LogP contribution in [0.25, 0.3) is 22.4 Å². The maximum Gasteiger partial charge on any atom is 0.255 e. The molecular formula is C21H22N6O2. The molecule has 0 saturated heterocycles. The number of rotatable bonds is 6. The van der Waals surface area contributed by atoms with Crippen LogP contribution in [0.15, 0.2) is 53.7 Å². The van der Waals surface area contributed by atoms with Crippen molar-refractivity contribution in [2.45, 2.75) is 26.9 Å². The highest BCUT2D eigenvalue weighted by Crippen LogP contribution is 2.19. The highest BCUT2D eigenvalue weighted by Gasteiger charge is 2.17. The number of amides is 1. The summed E-state index contributed by atoms with van der Waals surface area (Å²) in [5, 5.41) is 4.06. The van der Waals surface area contributed by atoms with Gasteiger partial charge in [0, 0.05) is 43.8 Å². The molecule has 4 aromatic rings. The Bertz CT molecular complexity index is 1130. The van der Waals surface area contributed by atoms with Gasteiger partial charge in [0.1, 0.15) is 11.2 Å². The Hall–Kier alpha value is -3.55. The van der Waals surface area contributed by atoms with Crippen molar-refractivity contribution in [3.8, 4) is 11.3 Å². The molecule has 0 bridgehead atoms. The molecule has 0 saturated carbocycles. The molecule has 0 unspecified atom stereocenters. The van der Waals surface area contributed by atoms with Crippen molar-refractivity contribution in [3.63, 3.8) is 0 Å². The molecule has 8 nitrogen and oxygen atoms in total. The smallest absolute Gasteiger partial charge is 0.255 e. The van der Waals surface area contributed by atoms with Crippen molar-refractivity contribution in [1.82, 2.24) is 29.6 Å². The normalized spacial score (nSPS) is 11.3. The zero-order chi connectivity index (χ0) is 20.4. The second-order valence-corrected chi connectivity index (χ2v) is 7.44. The number of carbonyl (C=O) groups excluding carboxylic acids is 1. The van der Waals surface area contributed by atoms with E-state index in [1.54, 1.807) is 42.9 Å². The first-order valence-electron chi connectivity index (χ1n) is 9.43. The van der Waals surface area contributed by atoms with Crippen LogP contribution in [0.2, 0.25) is 0 Å². The molecule has 0 fully saturated rings. The Labute approximate surface area is 168 Å². The lowest BCUT2D eigenvalue weighted by Gasteiger charge is -2.15. The fourth-order valence-corrected chi connectivity index (χ4v) is 3.16. The van der Waals surface area contributed by atoms with E-state index in [9.17, 15) is 4.79 Å². The lowest BCUT2D eigenvalue weighted by atomic mass is 10.2. The minimum Gasteiger partial charge on any atom is -0.359 e. The van der Waals surface area contributed by atoms with Crippen LogP contribution in [0, 0.1) is 5.92 Å². The average Bonchev–Trinajstić information content (AvgIpc) is 3.34. The predicted molar refractivity (Wildman–Crippen MR) is 108 cm³/mol. The van der Waals surface area contributed by atoms with E-state index < -0.39 is 0 Å². The molecule has 8 heteroatoms. The fraction of sp³-hybridized carbons (Fsp3) is 0.286. The lowest BCUT2D eigenvalue weighted by Crippen LogP contribution is -2.26. The zero-order valence-corrected chi connectivity index (χ0v) is 16.6. The van der Waals surface area contributed by atoms with E-state index in [2.05, 4.69) is 34.0 Å². The van der Waals surface area contributed by atoms with E-state index in [1.165, 1.54) is 0 Å². The first-order valence-corrected chi connectivity index (χ1v) is 9.43. The van der Waals surface area contributed by atoms with Crippen molar-refractivity contribution in [2.75, 3.05) is 7.05 Å². The minimum atomic E-state index is -0.155. The predicted octanol–water partition coefficient (Wildman–Crippen LogP) is 3.41. The van der Waals surface area contributed by atoms with Crippen LogP contribution in [0.4, 0.5) is 0 Å². The molecule has 4 aromatic heterocycles. The van der Waals surface area contributed by atoms with Crippen molar-refractivity contribution in [2.24, 2.45) is 5.92 Å². The molecule has 0 spiro atoms. The second kappa shape index (κ2) is 7.83. The topological polar surface area (TPSA) is 89.9 Å². The summed E-state index contributed by atoms with van der Waals surface area (Å²) in [5.74, 6) is 0.923. The summed E-state index contributed by atoms with van der Waals surface area (Å²) >= 11 is 0. The summed E-state index contributed by atoms with van der Waals surface area (Å²) in [4.78, 5) is 27.3. The summed E-state index contributed by atoms with van der Waals surface area (Å²) in [6.07, 6.45) is 6.79. The van der Waals surface area contributed by atoms with Gasteiger partial charge in [0.2, 0.25) is 0 Å². The van der Waals surface area contributed by atoms with Crippen molar-refractivity contribution in [3.05, 3.63) is 60.5 Å². The van der Waals surface area contributed by atoms with E-state index in [4.69, 9.17) is 4.52 Å². The molecule has 0 N–H and O–H groups in total. The van der Waals surface area contributed by atoms with Crippen LogP contribution in [0.3, 0.4) is 0 Å². The van der Waals surface area contributed by atoms with Crippen LogP contribution >= 0.6 is 0 Å². The third-order valence-electron chi connectivity index (χ3n) is 4.52. The first kappa shape index (κ1) is 18.8. The van der Waals surface area contributed by atoms with Crippen LogP contribution in [0.5, 0.6) is 0 Å². The van der Waals surface area contributed by atoms with Crippen LogP contribution in [-0.2, 0) is 13.1 Å². The summed E-state index contributed by atoms with van der Waals surface area (Å²) < 4.78 is 7.39. The molecule has 0 aliphatic heterocycles. The number of carbonyl (C=O) groups is 1. The van der Waals surface area contributed by atoms with Crippen LogP contribution in [0.1, 0.15) is 30.0 Å².